The zero-order valence-electron chi connectivity index (χ0n) is 22.9. The topological polar surface area (TPSA) is 100 Å². The Kier molecular flexibility index (Phi) is 7.64. The molecule has 5 rings (SSSR count). The quantitative estimate of drug-likeness (QED) is 0.372. The summed E-state index contributed by atoms with van der Waals surface area (Å²) in [4.78, 5) is 15.9. The van der Waals surface area contributed by atoms with E-state index in [1.165, 1.54) is 23.2 Å². The van der Waals surface area contributed by atoms with Crippen molar-refractivity contribution in [3.8, 4) is 5.75 Å². The SMILES string of the molecule is CN1[C@@H](CCC(C)(F)F)CN(C2CC3C(C2)C3(F)F)c2cc(C(F)(F)F)c(OCc3cccnc3C(=O)O)cc2S1(=O)=O. The van der Waals surface area contributed by atoms with Gasteiger partial charge in [-0.15, -0.1) is 0 Å². The number of halogens is 7. The van der Waals surface area contributed by atoms with Crippen LogP contribution < -0.4 is 9.64 Å². The third-order valence-electron chi connectivity index (χ3n) is 8.51. The van der Waals surface area contributed by atoms with Crippen molar-refractivity contribution in [2.24, 2.45) is 11.8 Å². The Hall–Kier alpha value is -3.14. The molecule has 0 amide bonds. The average Bonchev–Trinajstić information content (AvgIpc) is 3.22. The maximum Gasteiger partial charge on any atom is 0.420 e. The third kappa shape index (κ3) is 5.87. The Bertz CT molecular complexity index is 1520. The minimum atomic E-state index is -5.07. The number of carboxylic acids is 1. The predicted molar refractivity (Wildman–Crippen MR) is 138 cm³/mol. The van der Waals surface area contributed by atoms with Gasteiger partial charge in [0, 0.05) is 61.8 Å². The number of hydrogen-bond donors (Lipinski definition) is 1. The summed E-state index contributed by atoms with van der Waals surface area (Å²) in [5, 5.41) is 9.36. The first-order valence-electron chi connectivity index (χ1n) is 13.4. The van der Waals surface area contributed by atoms with Crippen molar-refractivity contribution in [3.63, 3.8) is 0 Å². The van der Waals surface area contributed by atoms with Crippen LogP contribution in [0.5, 0.6) is 5.75 Å². The lowest BCUT2D eigenvalue weighted by atomic mass is 10.0. The van der Waals surface area contributed by atoms with Crippen molar-refractivity contribution in [1.29, 1.82) is 0 Å². The number of benzene rings is 1. The molecule has 2 aromatic rings. The van der Waals surface area contributed by atoms with Crippen LogP contribution in [0.25, 0.3) is 0 Å². The number of rotatable bonds is 8. The van der Waals surface area contributed by atoms with E-state index in [9.17, 15) is 49.1 Å². The van der Waals surface area contributed by atoms with Gasteiger partial charge in [0.25, 0.3) is 5.92 Å². The number of aromatic carboxylic acids is 1. The molecule has 16 heteroatoms. The minimum absolute atomic E-state index is 0.0775. The van der Waals surface area contributed by atoms with Crippen LogP contribution in [0.4, 0.5) is 36.4 Å². The number of likely N-dealkylation sites (N-methyl/N-ethyl adjacent to an activating group) is 1. The fraction of sp³-hybridized carbons (Fsp3) is 0.556. The molecule has 0 saturated heterocycles. The molecule has 1 N–H and O–H groups in total. The first-order valence-corrected chi connectivity index (χ1v) is 14.8. The number of ether oxygens (including phenoxy) is 1. The molecule has 3 aliphatic rings. The Balaban J connectivity index is 1.60. The molecule has 0 spiro atoms. The van der Waals surface area contributed by atoms with Crippen molar-refractivity contribution in [2.75, 3.05) is 18.5 Å². The minimum Gasteiger partial charge on any atom is -0.488 e. The van der Waals surface area contributed by atoms with Gasteiger partial charge < -0.3 is 14.7 Å². The number of carbonyl (C=O) groups is 1. The number of pyridine rings is 1. The molecule has 0 radical (unpaired) electrons. The van der Waals surface area contributed by atoms with E-state index < -0.39 is 92.9 Å². The van der Waals surface area contributed by atoms with Gasteiger partial charge in [-0.1, -0.05) is 6.07 Å². The molecule has 1 aliphatic heterocycles. The highest BCUT2D eigenvalue weighted by Gasteiger charge is 2.72. The fourth-order valence-electron chi connectivity index (χ4n) is 6.10. The van der Waals surface area contributed by atoms with Crippen molar-refractivity contribution in [3.05, 3.63) is 47.3 Å². The van der Waals surface area contributed by atoms with Crippen LogP contribution in [0.1, 0.15) is 54.2 Å². The summed E-state index contributed by atoms with van der Waals surface area (Å²) >= 11 is 0. The summed E-state index contributed by atoms with van der Waals surface area (Å²) in [6.07, 6.45) is -5.16. The summed E-state index contributed by atoms with van der Waals surface area (Å²) in [6, 6.07) is 2.02. The van der Waals surface area contributed by atoms with E-state index in [1.54, 1.807) is 0 Å². The Morgan fingerprint density at radius 3 is 2.40 bits per heavy atom. The Morgan fingerprint density at radius 2 is 1.81 bits per heavy atom. The van der Waals surface area contributed by atoms with Crippen molar-refractivity contribution >= 4 is 21.7 Å². The van der Waals surface area contributed by atoms with Gasteiger partial charge in [0.15, 0.2) is 5.69 Å². The summed E-state index contributed by atoms with van der Waals surface area (Å²) in [5.74, 6) is -10.4. The number of hydrogen-bond acceptors (Lipinski definition) is 6. The molecular weight excluding hydrogens is 611 g/mol. The van der Waals surface area contributed by atoms with Crippen LogP contribution in [0.15, 0.2) is 35.4 Å². The van der Waals surface area contributed by atoms with Crippen LogP contribution in [-0.2, 0) is 22.8 Å². The first-order chi connectivity index (χ1) is 19.8. The van der Waals surface area contributed by atoms with Gasteiger partial charge in [-0.25, -0.2) is 35.8 Å². The maximum atomic E-state index is 14.4. The van der Waals surface area contributed by atoms with Crippen LogP contribution in [0.2, 0.25) is 0 Å². The average molecular weight is 640 g/mol. The summed E-state index contributed by atoms with van der Waals surface area (Å²) in [5.41, 5.74) is -2.32. The standard InChI is InChI=1S/C27H28F7N3O5S/c1-25(28,29)6-5-15-12-37(16-8-17-18(9-16)26(17,30)31)20-10-19(27(32,33)34)21(11-22(20)43(40,41)36(15)2)42-13-14-4-3-7-35-23(14)24(38)39/h3-4,7,10-11,15-18H,5-6,8-9,12-13H2,1-2H3,(H,38,39)/t15-,16?,17?,18?/m0/s1. The summed E-state index contributed by atoms with van der Waals surface area (Å²) < 4.78 is 133. The molecule has 2 heterocycles. The largest absolute Gasteiger partial charge is 0.488 e. The number of sulfonamides is 1. The highest BCUT2D eigenvalue weighted by atomic mass is 32.2. The second kappa shape index (κ2) is 10.5. The van der Waals surface area contributed by atoms with Gasteiger partial charge in [0.1, 0.15) is 17.3 Å². The van der Waals surface area contributed by atoms with Crippen LogP contribution >= 0.6 is 0 Å². The van der Waals surface area contributed by atoms with E-state index in [0.717, 1.165) is 11.4 Å². The summed E-state index contributed by atoms with van der Waals surface area (Å²) in [6.45, 7) is -0.329. The maximum absolute atomic E-state index is 14.4. The molecule has 236 valence electrons. The van der Waals surface area contributed by atoms with Gasteiger partial charge in [0.05, 0.1) is 11.3 Å². The lowest BCUT2D eigenvalue weighted by Gasteiger charge is -2.35. The predicted octanol–water partition coefficient (Wildman–Crippen LogP) is 5.67. The van der Waals surface area contributed by atoms with Gasteiger partial charge in [-0.05, 0) is 38.3 Å². The van der Waals surface area contributed by atoms with E-state index >= 15 is 0 Å². The highest BCUT2D eigenvalue weighted by molar-refractivity contribution is 7.89. The van der Waals surface area contributed by atoms with Crippen molar-refractivity contribution in [2.45, 2.75) is 74.2 Å². The van der Waals surface area contributed by atoms with E-state index in [2.05, 4.69) is 4.98 Å². The second-order valence-electron chi connectivity index (χ2n) is 11.4. The smallest absolute Gasteiger partial charge is 0.420 e. The van der Waals surface area contributed by atoms with E-state index in [1.807, 2.05) is 0 Å². The van der Waals surface area contributed by atoms with Gasteiger partial charge in [0.2, 0.25) is 15.9 Å². The molecule has 1 aromatic carbocycles. The normalized spacial score (nSPS) is 26.4. The fourth-order valence-corrected chi connectivity index (χ4v) is 7.67. The number of anilines is 1. The summed E-state index contributed by atoms with van der Waals surface area (Å²) in [7, 11) is -3.47. The molecular formula is C27H28F7N3O5S. The van der Waals surface area contributed by atoms with Crippen LogP contribution in [0.3, 0.4) is 0 Å². The van der Waals surface area contributed by atoms with Crippen molar-refractivity contribution in [1.82, 2.24) is 9.29 Å². The zero-order chi connectivity index (χ0) is 31.7. The number of carboxylic acid groups (broad SMARTS) is 1. The van der Waals surface area contributed by atoms with E-state index in [4.69, 9.17) is 4.74 Å². The molecule has 0 bridgehead atoms. The van der Waals surface area contributed by atoms with E-state index in [0.29, 0.717) is 19.1 Å². The molecule has 3 atom stereocenters. The third-order valence-corrected chi connectivity index (χ3v) is 10.4. The first kappa shape index (κ1) is 31.3. The lowest BCUT2D eigenvalue weighted by molar-refractivity contribution is -0.139. The van der Waals surface area contributed by atoms with Crippen molar-refractivity contribution < 1.29 is 53.8 Å². The molecule has 2 unspecified atom stereocenters. The molecule has 43 heavy (non-hydrogen) atoms. The molecule has 2 fully saturated rings. The molecule has 1 aromatic heterocycles. The number of aromatic nitrogens is 1. The van der Waals surface area contributed by atoms with Crippen LogP contribution in [-0.4, -0.2) is 66.3 Å². The second-order valence-corrected chi connectivity index (χ2v) is 13.3. The van der Waals surface area contributed by atoms with Crippen LogP contribution in [0, 0.1) is 11.8 Å². The molecule has 8 nitrogen and oxygen atoms in total. The number of nitrogens with zero attached hydrogens (tertiary/aromatic N) is 3. The lowest BCUT2D eigenvalue weighted by Crippen LogP contribution is -2.45. The highest BCUT2D eigenvalue weighted by Crippen LogP contribution is 2.65. The number of fused-ring (bicyclic) bond motifs is 2. The van der Waals surface area contributed by atoms with Gasteiger partial charge in [-0.2, -0.15) is 17.5 Å². The molecule has 2 aliphatic carbocycles. The van der Waals surface area contributed by atoms with Gasteiger partial charge in [-0.3, -0.25) is 0 Å². The van der Waals surface area contributed by atoms with E-state index in [-0.39, 0.29) is 37.1 Å². The Labute approximate surface area is 242 Å². The monoisotopic (exact) mass is 639 g/mol. The molecule has 2 saturated carbocycles. The van der Waals surface area contributed by atoms with Gasteiger partial charge >= 0.3 is 12.1 Å². The zero-order valence-corrected chi connectivity index (χ0v) is 23.7. The Morgan fingerprint density at radius 1 is 1.16 bits per heavy atom. The number of alkyl halides is 7.